The lowest BCUT2D eigenvalue weighted by molar-refractivity contribution is 0.290. The van der Waals surface area contributed by atoms with Gasteiger partial charge in [-0.1, -0.05) is 309 Å². The normalized spacial score (nSPS) is 12.7. The van der Waals surface area contributed by atoms with E-state index in [0.29, 0.717) is 34.5 Å². The molecule has 14 nitrogen and oxygen atoms in total. The van der Waals surface area contributed by atoms with Gasteiger partial charge in [0.1, 0.15) is 11.9 Å². The molecule has 1 unspecified atom stereocenters. The maximum absolute atomic E-state index is 10.1. The van der Waals surface area contributed by atoms with Crippen molar-refractivity contribution in [2.24, 2.45) is 0 Å². The summed E-state index contributed by atoms with van der Waals surface area (Å²) >= 11 is 0. The van der Waals surface area contributed by atoms with Crippen molar-refractivity contribution in [2.45, 2.75) is 6.10 Å². The van der Waals surface area contributed by atoms with Gasteiger partial charge >= 0.3 is 0 Å². The van der Waals surface area contributed by atoms with E-state index in [2.05, 4.69) is 349 Å². The van der Waals surface area contributed by atoms with Gasteiger partial charge in [0.05, 0.1) is 74.1 Å². The predicted molar refractivity (Wildman–Crippen MR) is 573 cm³/mol. The molecule has 16 aromatic carbocycles. The van der Waals surface area contributed by atoms with Gasteiger partial charge in [0.25, 0.3) is 0 Å². The highest BCUT2D eigenvalue weighted by molar-refractivity contribution is 7.17. The topological polar surface area (TPSA) is 155 Å². The number of nitriles is 1. The van der Waals surface area contributed by atoms with Crippen LogP contribution in [0.2, 0.25) is 0 Å². The van der Waals surface area contributed by atoms with E-state index in [1.165, 1.54) is 42.3 Å². The molecule has 0 spiro atoms. The average Bonchev–Trinajstić information content (AvgIpc) is 1.69. The third-order valence-electron chi connectivity index (χ3n) is 26.5. The molecule has 8 aromatic heterocycles. The maximum atomic E-state index is 10.1. The Kier molecular flexibility index (Phi) is 22.1. The van der Waals surface area contributed by atoms with Gasteiger partial charge in [-0.05, 0) is 187 Å². The molecule has 0 bridgehead atoms. The summed E-state index contributed by atoms with van der Waals surface area (Å²) in [6, 6.07) is 152. The Morgan fingerprint density at radius 3 is 1.22 bits per heavy atom. The lowest BCUT2D eigenvalue weighted by Crippen LogP contribution is -2.72. The van der Waals surface area contributed by atoms with Crippen molar-refractivity contribution in [1.82, 2.24) is 53.6 Å². The number of fused-ring (bicyclic) bond motifs is 11. The smallest absolute Gasteiger partial charge is 0.188 e. The first kappa shape index (κ1) is 84.7. The van der Waals surface area contributed by atoms with Crippen LogP contribution in [0, 0.1) is 17.9 Å². The third-order valence-corrected chi connectivity index (χ3v) is 31.5. The molecular formula is C126H81N13OSi. The third kappa shape index (κ3) is 15.6. The highest BCUT2D eigenvalue weighted by atomic mass is 28.3. The van der Waals surface area contributed by atoms with E-state index in [4.69, 9.17) is 36.2 Å². The molecule has 2 aliphatic rings. The number of hydrogen-bond donors (Lipinski definition) is 0. The van der Waals surface area contributed by atoms with Crippen LogP contribution in [0.4, 0.5) is 5.69 Å². The zero-order chi connectivity index (χ0) is 94.1. The molecule has 15 heteroatoms. The van der Waals surface area contributed by atoms with Gasteiger partial charge in [-0.3, -0.25) is 15.0 Å². The second-order valence-corrected chi connectivity index (χ2v) is 38.5. The fourth-order valence-corrected chi connectivity index (χ4v) is 25.4. The van der Waals surface area contributed by atoms with Gasteiger partial charge in [-0.25, -0.2) is 29.8 Å². The number of nitrogens with zero attached hydrogens (tertiary/aromatic N) is 13. The van der Waals surface area contributed by atoms with Crippen LogP contribution in [0.5, 0.6) is 5.75 Å². The van der Waals surface area contributed by atoms with E-state index in [-0.39, 0.29) is 6.10 Å². The fraction of sp³-hybridized carbons (Fsp3) is 0.00794. The summed E-state index contributed by atoms with van der Waals surface area (Å²) < 4.78 is 13.9. The molecule has 0 radical (unpaired) electrons. The minimum Gasteiger partial charge on any atom is -0.481 e. The Labute approximate surface area is 814 Å². The second kappa shape index (κ2) is 36.8. The van der Waals surface area contributed by atoms with Crippen molar-refractivity contribution in [3.05, 3.63) is 514 Å². The molecule has 660 valence electrons. The lowest BCUT2D eigenvalue weighted by Gasteiger charge is -2.44. The highest BCUT2D eigenvalue weighted by Gasteiger charge is 2.51. The molecule has 24 aromatic rings. The Bertz CT molecular complexity index is 8730. The van der Waals surface area contributed by atoms with Crippen molar-refractivity contribution in [2.75, 3.05) is 0 Å². The lowest BCUT2D eigenvalue weighted by atomic mass is 9.93. The molecule has 0 amide bonds. The Balaban J connectivity index is 0.000000115. The van der Waals surface area contributed by atoms with E-state index < -0.39 is 8.07 Å². The van der Waals surface area contributed by atoms with Crippen LogP contribution in [-0.4, -0.2) is 67.8 Å². The zero-order valence-electron chi connectivity index (χ0n) is 76.0. The molecule has 9 heterocycles. The highest BCUT2D eigenvalue weighted by Crippen LogP contribution is 2.46. The quantitative estimate of drug-likeness (QED) is 0.0550. The number of allylic oxidation sites excluding steroid dienone is 1. The van der Waals surface area contributed by atoms with Gasteiger partial charge in [0.15, 0.2) is 37.1 Å². The predicted octanol–water partition coefficient (Wildman–Crippen LogP) is 28.0. The molecule has 1 atom stereocenters. The first-order valence-electron chi connectivity index (χ1n) is 46.7. The van der Waals surface area contributed by atoms with E-state index >= 15 is 0 Å². The monoisotopic (exact) mass is 1820 g/mol. The van der Waals surface area contributed by atoms with E-state index in [1.54, 1.807) is 18.6 Å². The summed E-state index contributed by atoms with van der Waals surface area (Å²) in [5.41, 5.74) is 29.5. The SMILES string of the molecule is C1=CC=C2C(C=1)Oc1c(-c3cccc(-c4nc(-c5ccccc5)nc(-c5ccccc5)n4)c3)cccc1[Si]2(c1ccccc1)c1ccccc1.[C-]#[N+]c1ccc2c(c1)c1ccccc1n2-c1cc(C#N)cc(-c2cc(-c3cccnc3)cc(-c3cccnc3)c2)c1.c1cncc(-c2nc(-c3ccccc3-n3c4ccccc4c4ccccc43)cc(-c3ccccc3-n3c4ccccc4c4ccccc43)n2)c1. The van der Waals surface area contributed by atoms with Crippen LogP contribution < -0.4 is 20.3 Å². The Morgan fingerprint density at radius 1 is 0.319 bits per heavy atom. The zero-order valence-corrected chi connectivity index (χ0v) is 77.0. The number of rotatable bonds is 15. The Hall–Kier alpha value is -19.3. The van der Waals surface area contributed by atoms with E-state index in [1.807, 2.05) is 164 Å². The minimum absolute atomic E-state index is 0.227. The summed E-state index contributed by atoms with van der Waals surface area (Å²) in [6.45, 7) is 7.51. The average molecular weight is 1820 g/mol. The summed E-state index contributed by atoms with van der Waals surface area (Å²) in [5.74, 6) is 3.43. The van der Waals surface area contributed by atoms with Crippen LogP contribution in [0.1, 0.15) is 5.56 Å². The van der Waals surface area contributed by atoms with Crippen molar-refractivity contribution in [3.63, 3.8) is 0 Å². The van der Waals surface area contributed by atoms with Crippen LogP contribution in [0.25, 0.3) is 200 Å². The standard InChI is InChI=1S/C45H29N5.C45H31N3OSi.C36H21N5/c1-7-21-39-31(15-1)32-16-2-8-22-40(32)49(39)43-25-11-5-19-35(43)37-28-38(48-45(47-37)30-14-13-27-46-29-30)36-20-6-12-26-44(36)50-41-23-9-3-17-33(41)34-18-4-10-24-42(34)50;1-5-17-32(18-6-1)43-46-44(33-19-7-2-8-20-33)48-45(47-43)35-22-15-21-34(31-35)38-27-16-30-41-42(38)49-39-28-13-14-29-40(39)50(41,36-23-9-3-10-24-36)37-25-11-4-12-26-37;1-38-31-10-11-36-34(20-31)33-8-2-3-9-35(33)41(36)32-15-24(21-37)14-27(19-32)30-17-28(25-6-4-12-39-22-25)16-29(18-30)26-7-5-13-40-23-26/h1-29H;1-12,14-31,39H;2-20,22-23H. The van der Waals surface area contributed by atoms with Gasteiger partial charge < -0.3 is 18.4 Å². The number of para-hydroxylation sites is 8. The summed E-state index contributed by atoms with van der Waals surface area (Å²) in [5, 5.41) is 22.2. The molecule has 0 N–H and O–H groups in total. The molecule has 0 saturated heterocycles. The van der Waals surface area contributed by atoms with Crippen molar-refractivity contribution in [1.29, 1.82) is 5.26 Å². The van der Waals surface area contributed by atoms with E-state index in [9.17, 15) is 5.26 Å². The first-order valence-corrected chi connectivity index (χ1v) is 48.7. The molecule has 26 rings (SSSR count). The van der Waals surface area contributed by atoms with Crippen molar-refractivity contribution < 1.29 is 4.74 Å². The molecule has 1 aliphatic heterocycles. The van der Waals surface area contributed by atoms with Gasteiger partial charge in [-0.15, -0.1) is 5.73 Å². The molecule has 0 saturated carbocycles. The van der Waals surface area contributed by atoms with Crippen LogP contribution in [0.3, 0.4) is 0 Å². The summed E-state index contributed by atoms with van der Waals surface area (Å²) in [6.07, 6.45) is 17.0. The number of pyridine rings is 3. The van der Waals surface area contributed by atoms with E-state index in [0.717, 1.165) is 156 Å². The molecule has 0 fully saturated rings. The second-order valence-electron chi connectivity index (χ2n) is 34.7. The van der Waals surface area contributed by atoms with Gasteiger partial charge in [-0.2, -0.15) is 5.26 Å². The fourth-order valence-electron chi connectivity index (χ4n) is 20.3. The van der Waals surface area contributed by atoms with Crippen LogP contribution in [-0.2, 0) is 0 Å². The van der Waals surface area contributed by atoms with Crippen molar-refractivity contribution >= 4 is 94.7 Å². The number of ether oxygens (including phenoxy) is 1. The van der Waals surface area contributed by atoms with Gasteiger partial charge in [0, 0.05) is 126 Å². The van der Waals surface area contributed by atoms with Crippen LogP contribution >= 0.6 is 0 Å². The number of benzene rings is 16. The minimum atomic E-state index is -2.75. The van der Waals surface area contributed by atoms with Gasteiger partial charge in [0.2, 0.25) is 0 Å². The largest absolute Gasteiger partial charge is 0.481 e. The summed E-state index contributed by atoms with van der Waals surface area (Å²) in [7, 11) is -2.75. The maximum Gasteiger partial charge on any atom is 0.188 e. The van der Waals surface area contributed by atoms with Crippen molar-refractivity contribution in [3.8, 4) is 141 Å². The number of aromatic nitrogens is 11. The Morgan fingerprint density at radius 2 is 0.716 bits per heavy atom. The van der Waals surface area contributed by atoms with Crippen LogP contribution in [0.15, 0.2) is 497 Å². The molecular weight excluding hydrogens is 1740 g/mol. The number of hydrogen-bond acceptors (Lipinski definition) is 10. The first-order chi connectivity index (χ1) is 69.8. The molecule has 1 aliphatic carbocycles. The molecule has 141 heavy (non-hydrogen) atoms. The summed E-state index contributed by atoms with van der Waals surface area (Å²) in [4.78, 5) is 42.2.